The average Bonchev–Trinajstić information content (AvgIpc) is 2.94. The fraction of sp³-hybridized carbons (Fsp3) is 0.190. The van der Waals surface area contributed by atoms with E-state index in [0.29, 0.717) is 13.1 Å². The van der Waals surface area contributed by atoms with Gasteiger partial charge in [-0.1, -0.05) is 35.9 Å². The van der Waals surface area contributed by atoms with Crippen molar-refractivity contribution < 1.29 is 4.79 Å². The van der Waals surface area contributed by atoms with Gasteiger partial charge in [0.05, 0.1) is 12.2 Å². The normalized spacial score (nSPS) is 11.1. The van der Waals surface area contributed by atoms with Crippen LogP contribution in [0, 0.1) is 13.8 Å². The van der Waals surface area contributed by atoms with Crippen molar-refractivity contribution in [3.05, 3.63) is 88.0 Å². The molecular weight excluding hydrogens is 360 g/mol. The molecule has 0 aliphatic rings. The fourth-order valence-corrected chi connectivity index (χ4v) is 3.00. The van der Waals surface area contributed by atoms with Crippen LogP contribution in [0.5, 0.6) is 0 Å². The van der Waals surface area contributed by atoms with Crippen LogP contribution in [-0.2, 0) is 17.9 Å². The molecule has 1 aromatic carbocycles. The standard InChI is InChI=1S/C21H21ClN4O/c1-15-19(9-10-21(27)24-13-17-6-5-11-23-12-17)16(2)26(25-15)14-18-7-3-4-8-20(18)22/h3-12H,13-14H2,1-2H3,(H,24,27). The van der Waals surface area contributed by atoms with Gasteiger partial charge in [0.2, 0.25) is 5.91 Å². The van der Waals surface area contributed by atoms with E-state index in [-0.39, 0.29) is 5.91 Å². The Morgan fingerprint density at radius 3 is 2.78 bits per heavy atom. The maximum Gasteiger partial charge on any atom is 0.244 e. The molecule has 3 aromatic rings. The van der Waals surface area contributed by atoms with Crippen LogP contribution in [0.15, 0.2) is 54.9 Å². The largest absolute Gasteiger partial charge is 0.348 e. The van der Waals surface area contributed by atoms with Crippen molar-refractivity contribution in [3.63, 3.8) is 0 Å². The molecule has 27 heavy (non-hydrogen) atoms. The van der Waals surface area contributed by atoms with Crippen LogP contribution in [0.25, 0.3) is 6.08 Å². The van der Waals surface area contributed by atoms with Gasteiger partial charge in [-0.2, -0.15) is 5.10 Å². The van der Waals surface area contributed by atoms with Gasteiger partial charge < -0.3 is 5.32 Å². The number of nitrogens with one attached hydrogen (secondary N) is 1. The quantitative estimate of drug-likeness (QED) is 0.659. The Bertz CT molecular complexity index is 964. The van der Waals surface area contributed by atoms with Crippen molar-refractivity contribution >= 4 is 23.6 Å². The molecule has 138 valence electrons. The van der Waals surface area contributed by atoms with Gasteiger partial charge >= 0.3 is 0 Å². The summed E-state index contributed by atoms with van der Waals surface area (Å²) in [6.07, 6.45) is 6.78. The van der Waals surface area contributed by atoms with Crippen LogP contribution in [0.4, 0.5) is 0 Å². The minimum atomic E-state index is -0.156. The number of aromatic nitrogens is 3. The highest BCUT2D eigenvalue weighted by Gasteiger charge is 2.11. The Morgan fingerprint density at radius 1 is 1.22 bits per heavy atom. The lowest BCUT2D eigenvalue weighted by Gasteiger charge is -2.06. The Hall–Kier alpha value is -2.92. The molecule has 5 nitrogen and oxygen atoms in total. The van der Waals surface area contributed by atoms with E-state index in [2.05, 4.69) is 15.4 Å². The highest BCUT2D eigenvalue weighted by molar-refractivity contribution is 6.31. The SMILES string of the molecule is Cc1nn(Cc2ccccc2Cl)c(C)c1C=CC(=O)NCc1cccnc1. The number of halogens is 1. The van der Waals surface area contributed by atoms with Crippen molar-refractivity contribution in [3.8, 4) is 0 Å². The van der Waals surface area contributed by atoms with Crippen molar-refractivity contribution in [1.82, 2.24) is 20.1 Å². The van der Waals surface area contributed by atoms with E-state index in [1.54, 1.807) is 18.5 Å². The Balaban J connectivity index is 1.68. The first-order chi connectivity index (χ1) is 13.0. The summed E-state index contributed by atoms with van der Waals surface area (Å²) in [5.74, 6) is -0.156. The van der Waals surface area contributed by atoms with Crippen molar-refractivity contribution in [2.45, 2.75) is 26.9 Å². The molecular formula is C21H21ClN4O. The predicted octanol–water partition coefficient (Wildman–Crippen LogP) is 3.93. The second-order valence-electron chi connectivity index (χ2n) is 6.25. The molecule has 0 saturated carbocycles. The van der Waals surface area contributed by atoms with E-state index in [9.17, 15) is 4.79 Å². The summed E-state index contributed by atoms with van der Waals surface area (Å²) in [5, 5.41) is 8.16. The molecule has 0 unspecified atom stereocenters. The molecule has 3 rings (SSSR count). The molecule has 0 radical (unpaired) electrons. The zero-order chi connectivity index (χ0) is 19.2. The van der Waals surface area contributed by atoms with E-state index in [0.717, 1.165) is 33.1 Å². The van der Waals surface area contributed by atoms with Crippen LogP contribution in [0.3, 0.4) is 0 Å². The van der Waals surface area contributed by atoms with Crippen LogP contribution in [0.2, 0.25) is 5.02 Å². The lowest BCUT2D eigenvalue weighted by atomic mass is 10.1. The molecule has 0 aliphatic carbocycles. The van der Waals surface area contributed by atoms with Gasteiger partial charge in [-0.3, -0.25) is 14.5 Å². The lowest BCUT2D eigenvalue weighted by Crippen LogP contribution is -2.20. The van der Waals surface area contributed by atoms with E-state index in [1.165, 1.54) is 6.08 Å². The molecule has 1 amide bonds. The van der Waals surface area contributed by atoms with Gasteiger partial charge in [-0.15, -0.1) is 0 Å². The average molecular weight is 381 g/mol. The summed E-state index contributed by atoms with van der Waals surface area (Å²) in [6.45, 7) is 4.96. The molecule has 1 N–H and O–H groups in total. The molecule has 0 spiro atoms. The van der Waals surface area contributed by atoms with Crippen LogP contribution in [-0.4, -0.2) is 20.7 Å². The van der Waals surface area contributed by atoms with Gasteiger partial charge in [0, 0.05) is 41.3 Å². The van der Waals surface area contributed by atoms with Gasteiger partial charge in [0.1, 0.15) is 0 Å². The third-order valence-electron chi connectivity index (χ3n) is 4.31. The smallest absolute Gasteiger partial charge is 0.244 e. The third-order valence-corrected chi connectivity index (χ3v) is 4.68. The maximum atomic E-state index is 12.1. The third kappa shape index (κ3) is 4.83. The maximum absolute atomic E-state index is 12.1. The molecule has 2 heterocycles. The highest BCUT2D eigenvalue weighted by Crippen LogP contribution is 2.20. The summed E-state index contributed by atoms with van der Waals surface area (Å²) in [6, 6.07) is 11.5. The number of carbonyl (C=O) groups is 1. The number of hydrogen-bond acceptors (Lipinski definition) is 3. The minimum absolute atomic E-state index is 0.156. The monoisotopic (exact) mass is 380 g/mol. The second-order valence-corrected chi connectivity index (χ2v) is 6.65. The van der Waals surface area contributed by atoms with Crippen molar-refractivity contribution in [2.24, 2.45) is 0 Å². The summed E-state index contributed by atoms with van der Waals surface area (Å²) in [4.78, 5) is 16.1. The van der Waals surface area contributed by atoms with Gasteiger partial charge in [-0.05, 0) is 43.2 Å². The molecule has 6 heteroatoms. The number of benzene rings is 1. The zero-order valence-corrected chi connectivity index (χ0v) is 16.1. The van der Waals surface area contributed by atoms with Crippen molar-refractivity contribution in [2.75, 3.05) is 0 Å². The summed E-state index contributed by atoms with van der Waals surface area (Å²) >= 11 is 6.25. The molecule has 0 aliphatic heterocycles. The Labute approximate surface area is 163 Å². The topological polar surface area (TPSA) is 59.8 Å². The first-order valence-electron chi connectivity index (χ1n) is 8.67. The summed E-state index contributed by atoms with van der Waals surface area (Å²) in [7, 11) is 0. The predicted molar refractivity (Wildman–Crippen MR) is 107 cm³/mol. The first-order valence-corrected chi connectivity index (χ1v) is 9.04. The number of rotatable bonds is 6. The van der Waals surface area contributed by atoms with Gasteiger partial charge in [-0.25, -0.2) is 0 Å². The van der Waals surface area contributed by atoms with Crippen LogP contribution in [0.1, 0.15) is 28.1 Å². The number of aryl methyl sites for hydroxylation is 1. The van der Waals surface area contributed by atoms with Gasteiger partial charge in [0.15, 0.2) is 0 Å². The minimum Gasteiger partial charge on any atom is -0.348 e. The van der Waals surface area contributed by atoms with E-state index in [1.807, 2.05) is 54.9 Å². The van der Waals surface area contributed by atoms with Gasteiger partial charge in [0.25, 0.3) is 0 Å². The number of amides is 1. The number of carbonyl (C=O) groups excluding carboxylic acids is 1. The second kappa shape index (κ2) is 8.64. The van der Waals surface area contributed by atoms with E-state index >= 15 is 0 Å². The molecule has 0 bridgehead atoms. The number of nitrogens with zero attached hydrogens (tertiary/aromatic N) is 3. The van der Waals surface area contributed by atoms with Crippen LogP contribution < -0.4 is 5.32 Å². The molecule has 0 fully saturated rings. The lowest BCUT2D eigenvalue weighted by molar-refractivity contribution is -0.116. The number of hydrogen-bond donors (Lipinski definition) is 1. The Kier molecular flexibility index (Phi) is 6.04. The fourth-order valence-electron chi connectivity index (χ4n) is 2.80. The van der Waals surface area contributed by atoms with E-state index in [4.69, 9.17) is 11.6 Å². The zero-order valence-electron chi connectivity index (χ0n) is 15.3. The van der Waals surface area contributed by atoms with Crippen LogP contribution >= 0.6 is 11.6 Å². The van der Waals surface area contributed by atoms with Crippen molar-refractivity contribution in [1.29, 1.82) is 0 Å². The molecule has 0 saturated heterocycles. The van der Waals surface area contributed by atoms with E-state index < -0.39 is 0 Å². The highest BCUT2D eigenvalue weighted by atomic mass is 35.5. The molecule has 2 aromatic heterocycles. The summed E-state index contributed by atoms with van der Waals surface area (Å²) < 4.78 is 1.91. The summed E-state index contributed by atoms with van der Waals surface area (Å²) in [5.41, 5.74) is 4.77. The first kappa shape index (κ1) is 18.9. The number of pyridine rings is 1. The Morgan fingerprint density at radius 2 is 2.04 bits per heavy atom. The molecule has 0 atom stereocenters.